The number of hydrogen-bond donors (Lipinski definition) is 1. The average Bonchev–Trinajstić information content (AvgIpc) is 2.82. The summed E-state index contributed by atoms with van der Waals surface area (Å²) in [6, 6.07) is 4.62. The lowest BCUT2D eigenvalue weighted by Crippen LogP contribution is -2.23. The van der Waals surface area contributed by atoms with E-state index >= 15 is 0 Å². The van der Waals surface area contributed by atoms with Gasteiger partial charge >= 0.3 is 0 Å². The SMILES string of the molecule is CC(N)C1CCc2ccc3c(c21)CCO3. The van der Waals surface area contributed by atoms with Crippen LogP contribution in [-0.2, 0) is 12.8 Å². The minimum absolute atomic E-state index is 0.262. The molecule has 0 fully saturated rings. The van der Waals surface area contributed by atoms with E-state index in [-0.39, 0.29) is 6.04 Å². The molecule has 0 saturated carbocycles. The van der Waals surface area contributed by atoms with Gasteiger partial charge in [0.05, 0.1) is 6.61 Å². The second-order valence-electron chi connectivity index (χ2n) is 4.72. The minimum Gasteiger partial charge on any atom is -0.493 e. The fraction of sp³-hybridized carbons (Fsp3) is 0.538. The molecule has 2 N–H and O–H groups in total. The van der Waals surface area contributed by atoms with Crippen LogP contribution in [0.5, 0.6) is 5.75 Å². The Labute approximate surface area is 90.4 Å². The molecule has 1 aliphatic heterocycles. The lowest BCUT2D eigenvalue weighted by molar-refractivity contribution is 0.357. The highest BCUT2D eigenvalue weighted by atomic mass is 16.5. The Bertz CT molecular complexity index is 398. The van der Waals surface area contributed by atoms with E-state index in [1.165, 1.54) is 29.5 Å². The summed E-state index contributed by atoms with van der Waals surface area (Å²) in [6.07, 6.45) is 3.47. The van der Waals surface area contributed by atoms with Gasteiger partial charge in [0.2, 0.25) is 0 Å². The predicted molar refractivity (Wildman–Crippen MR) is 60.4 cm³/mol. The Balaban J connectivity index is 2.13. The van der Waals surface area contributed by atoms with Gasteiger partial charge in [-0.05, 0) is 42.9 Å². The molecule has 0 bridgehead atoms. The van der Waals surface area contributed by atoms with Gasteiger partial charge in [-0.15, -0.1) is 0 Å². The molecule has 15 heavy (non-hydrogen) atoms. The average molecular weight is 203 g/mol. The van der Waals surface area contributed by atoms with E-state index in [4.69, 9.17) is 10.5 Å². The molecule has 2 nitrogen and oxygen atoms in total. The van der Waals surface area contributed by atoms with Crippen LogP contribution in [0.3, 0.4) is 0 Å². The third-order valence-electron chi connectivity index (χ3n) is 3.74. The summed E-state index contributed by atoms with van der Waals surface area (Å²) in [7, 11) is 0. The van der Waals surface area contributed by atoms with Gasteiger partial charge in [-0.2, -0.15) is 0 Å². The van der Waals surface area contributed by atoms with Crippen LogP contribution in [0.25, 0.3) is 0 Å². The zero-order chi connectivity index (χ0) is 10.4. The van der Waals surface area contributed by atoms with E-state index < -0.39 is 0 Å². The van der Waals surface area contributed by atoms with Crippen LogP contribution in [0.2, 0.25) is 0 Å². The van der Waals surface area contributed by atoms with Gasteiger partial charge in [-0.1, -0.05) is 6.07 Å². The van der Waals surface area contributed by atoms with Gasteiger partial charge in [0.25, 0.3) is 0 Å². The molecule has 2 unspecified atom stereocenters. The second kappa shape index (κ2) is 3.24. The Morgan fingerprint density at radius 3 is 3.07 bits per heavy atom. The van der Waals surface area contributed by atoms with Gasteiger partial charge in [0.1, 0.15) is 5.75 Å². The molecule has 1 aromatic rings. The van der Waals surface area contributed by atoms with Gasteiger partial charge in [0.15, 0.2) is 0 Å². The minimum atomic E-state index is 0.262. The fourth-order valence-electron chi connectivity index (χ4n) is 3.01. The maximum Gasteiger partial charge on any atom is 0.122 e. The first-order valence-corrected chi connectivity index (χ1v) is 5.80. The van der Waals surface area contributed by atoms with E-state index in [0.29, 0.717) is 5.92 Å². The predicted octanol–water partition coefficient (Wildman–Crippen LogP) is 2.00. The monoisotopic (exact) mass is 203 g/mol. The maximum absolute atomic E-state index is 6.07. The summed E-state index contributed by atoms with van der Waals surface area (Å²) < 4.78 is 5.61. The van der Waals surface area contributed by atoms with Gasteiger partial charge < -0.3 is 10.5 Å². The zero-order valence-corrected chi connectivity index (χ0v) is 9.12. The number of rotatable bonds is 1. The van der Waals surface area contributed by atoms with Crippen LogP contribution in [-0.4, -0.2) is 12.6 Å². The summed E-state index contributed by atoms with van der Waals surface area (Å²) in [5, 5.41) is 0. The Kier molecular flexibility index (Phi) is 1.99. The molecular formula is C13H17NO. The van der Waals surface area contributed by atoms with E-state index in [0.717, 1.165) is 18.8 Å². The number of aryl methyl sites for hydroxylation is 1. The smallest absolute Gasteiger partial charge is 0.122 e. The van der Waals surface area contributed by atoms with Gasteiger partial charge in [-0.25, -0.2) is 0 Å². The lowest BCUT2D eigenvalue weighted by Gasteiger charge is -2.18. The molecule has 0 amide bonds. The van der Waals surface area contributed by atoms with Crippen LogP contribution in [0.15, 0.2) is 12.1 Å². The molecule has 0 aromatic heterocycles. The van der Waals surface area contributed by atoms with E-state index in [1.54, 1.807) is 0 Å². The highest BCUT2D eigenvalue weighted by Gasteiger charge is 2.31. The maximum atomic E-state index is 6.07. The van der Waals surface area contributed by atoms with Gasteiger partial charge in [0, 0.05) is 18.0 Å². The van der Waals surface area contributed by atoms with Crippen molar-refractivity contribution in [3.8, 4) is 5.75 Å². The molecule has 2 heteroatoms. The van der Waals surface area contributed by atoms with Crippen molar-refractivity contribution < 1.29 is 4.74 Å². The first kappa shape index (κ1) is 9.22. The number of fused-ring (bicyclic) bond motifs is 3. The largest absolute Gasteiger partial charge is 0.493 e. The molecule has 1 aromatic carbocycles. The quantitative estimate of drug-likeness (QED) is 0.757. The molecule has 0 spiro atoms. The van der Waals surface area contributed by atoms with Crippen molar-refractivity contribution >= 4 is 0 Å². The number of ether oxygens (including phenoxy) is 1. The van der Waals surface area contributed by atoms with E-state index in [1.807, 2.05) is 0 Å². The second-order valence-corrected chi connectivity index (χ2v) is 4.72. The molecule has 2 atom stereocenters. The molecule has 2 aliphatic rings. The van der Waals surface area contributed by atoms with Crippen LogP contribution in [0, 0.1) is 0 Å². The highest BCUT2D eigenvalue weighted by Crippen LogP contribution is 2.42. The topological polar surface area (TPSA) is 35.2 Å². The first-order valence-electron chi connectivity index (χ1n) is 5.80. The number of benzene rings is 1. The van der Waals surface area contributed by atoms with Crippen LogP contribution < -0.4 is 10.5 Å². The van der Waals surface area contributed by atoms with Crippen molar-refractivity contribution in [2.45, 2.75) is 38.1 Å². The van der Waals surface area contributed by atoms with E-state index in [2.05, 4.69) is 19.1 Å². The third-order valence-corrected chi connectivity index (χ3v) is 3.74. The molecule has 1 aliphatic carbocycles. The molecule has 0 saturated heterocycles. The number of nitrogens with two attached hydrogens (primary N) is 1. The molecule has 0 radical (unpaired) electrons. The normalized spacial score (nSPS) is 24.5. The summed E-state index contributed by atoms with van der Waals surface area (Å²) in [4.78, 5) is 0. The fourth-order valence-corrected chi connectivity index (χ4v) is 3.01. The van der Waals surface area contributed by atoms with Crippen LogP contribution >= 0.6 is 0 Å². The van der Waals surface area contributed by atoms with Gasteiger partial charge in [-0.3, -0.25) is 0 Å². The van der Waals surface area contributed by atoms with E-state index in [9.17, 15) is 0 Å². The molecule has 1 heterocycles. The van der Waals surface area contributed by atoms with Crippen molar-refractivity contribution in [2.75, 3.05) is 6.61 Å². The standard InChI is InChI=1S/C13H17NO/c1-8(14)10-4-2-9-3-5-12-11(13(9)10)6-7-15-12/h3,5,8,10H,2,4,6-7,14H2,1H3. The molecular weight excluding hydrogens is 186 g/mol. The third kappa shape index (κ3) is 1.28. The van der Waals surface area contributed by atoms with Crippen LogP contribution in [0.4, 0.5) is 0 Å². The summed E-state index contributed by atoms with van der Waals surface area (Å²) in [5.74, 6) is 1.65. The Hall–Kier alpha value is -1.02. The summed E-state index contributed by atoms with van der Waals surface area (Å²) in [5.41, 5.74) is 10.5. The van der Waals surface area contributed by atoms with Crippen molar-refractivity contribution in [3.05, 3.63) is 28.8 Å². The lowest BCUT2D eigenvalue weighted by atomic mass is 9.90. The van der Waals surface area contributed by atoms with Crippen molar-refractivity contribution in [2.24, 2.45) is 5.73 Å². The van der Waals surface area contributed by atoms with Crippen LogP contribution in [0.1, 0.15) is 36.0 Å². The first-order chi connectivity index (χ1) is 7.27. The number of hydrogen-bond acceptors (Lipinski definition) is 2. The molecule has 3 rings (SSSR count). The Morgan fingerprint density at radius 1 is 1.40 bits per heavy atom. The van der Waals surface area contributed by atoms with Crippen molar-refractivity contribution in [1.29, 1.82) is 0 Å². The Morgan fingerprint density at radius 2 is 2.27 bits per heavy atom. The van der Waals surface area contributed by atoms with Crippen molar-refractivity contribution in [1.82, 2.24) is 0 Å². The summed E-state index contributed by atoms with van der Waals surface area (Å²) in [6.45, 7) is 2.96. The summed E-state index contributed by atoms with van der Waals surface area (Å²) >= 11 is 0. The highest BCUT2D eigenvalue weighted by molar-refractivity contribution is 5.51. The molecule has 80 valence electrons. The van der Waals surface area contributed by atoms with Crippen molar-refractivity contribution in [3.63, 3.8) is 0 Å². The zero-order valence-electron chi connectivity index (χ0n) is 9.12.